The molecule has 0 amide bonds. The summed E-state index contributed by atoms with van der Waals surface area (Å²) >= 11 is 5.97. The zero-order valence-corrected chi connectivity index (χ0v) is 12.9. The highest BCUT2D eigenvalue weighted by Crippen LogP contribution is 2.33. The van der Waals surface area contributed by atoms with Gasteiger partial charge in [-0.2, -0.15) is 0 Å². The van der Waals surface area contributed by atoms with Gasteiger partial charge in [0.15, 0.2) is 5.96 Å². The Hall–Kier alpha value is -2.00. The number of benzene rings is 2. The molecule has 3 nitrogen and oxygen atoms in total. The maximum atomic E-state index is 6.10. The van der Waals surface area contributed by atoms with Crippen LogP contribution < -0.4 is 10.6 Å². The molecule has 4 heteroatoms. The topological polar surface area (TPSA) is 41.6 Å². The van der Waals surface area contributed by atoms with E-state index < -0.39 is 0 Å². The summed E-state index contributed by atoms with van der Waals surface area (Å²) in [6, 6.07) is 14.4. The molecule has 0 saturated heterocycles. The van der Waals surface area contributed by atoms with E-state index in [9.17, 15) is 0 Å². The number of aryl methyl sites for hydroxylation is 2. The minimum absolute atomic E-state index is 0.145. The Kier molecular flexibility index (Phi) is 3.60. The van der Waals surface area contributed by atoms with Gasteiger partial charge in [-0.3, -0.25) is 4.99 Å². The summed E-state index contributed by atoms with van der Waals surface area (Å²) in [7, 11) is 0. The van der Waals surface area contributed by atoms with Gasteiger partial charge >= 0.3 is 0 Å². The molecule has 108 valence electrons. The normalized spacial score (nSPS) is 18.0. The molecule has 0 bridgehead atoms. The maximum Gasteiger partial charge on any atom is 0.196 e. The van der Waals surface area contributed by atoms with Crippen LogP contribution in [0, 0.1) is 13.8 Å². The lowest BCUT2D eigenvalue weighted by molar-refractivity contribution is 0.762. The van der Waals surface area contributed by atoms with E-state index in [0.717, 1.165) is 10.7 Å². The largest absolute Gasteiger partial charge is 0.369 e. The Morgan fingerprint density at radius 1 is 1.14 bits per heavy atom. The zero-order chi connectivity index (χ0) is 15.0. The van der Waals surface area contributed by atoms with Crippen molar-refractivity contribution in [3.63, 3.8) is 0 Å². The number of rotatable bonds is 2. The van der Waals surface area contributed by atoms with Gasteiger partial charge in [0.05, 0.1) is 12.6 Å². The van der Waals surface area contributed by atoms with E-state index in [4.69, 9.17) is 17.3 Å². The van der Waals surface area contributed by atoms with Crippen LogP contribution in [0.4, 0.5) is 5.69 Å². The fourth-order valence-electron chi connectivity index (χ4n) is 2.85. The molecule has 0 aliphatic carbocycles. The van der Waals surface area contributed by atoms with Crippen LogP contribution in [0.2, 0.25) is 5.02 Å². The summed E-state index contributed by atoms with van der Waals surface area (Å²) < 4.78 is 0. The molecule has 1 unspecified atom stereocenters. The van der Waals surface area contributed by atoms with Crippen molar-refractivity contribution in [2.75, 3.05) is 11.4 Å². The molecule has 2 aromatic carbocycles. The highest BCUT2D eigenvalue weighted by Gasteiger charge is 2.29. The van der Waals surface area contributed by atoms with Crippen molar-refractivity contribution < 1.29 is 0 Å². The van der Waals surface area contributed by atoms with Crippen LogP contribution in [-0.2, 0) is 0 Å². The highest BCUT2D eigenvalue weighted by atomic mass is 35.5. The predicted octanol–water partition coefficient (Wildman–Crippen LogP) is 3.83. The number of halogens is 1. The van der Waals surface area contributed by atoms with Crippen LogP contribution in [-0.4, -0.2) is 12.5 Å². The van der Waals surface area contributed by atoms with E-state index >= 15 is 0 Å². The number of guanidine groups is 1. The van der Waals surface area contributed by atoms with Crippen LogP contribution in [0.5, 0.6) is 0 Å². The van der Waals surface area contributed by atoms with Gasteiger partial charge < -0.3 is 10.6 Å². The lowest BCUT2D eigenvalue weighted by atomic mass is 9.98. The smallest absolute Gasteiger partial charge is 0.196 e. The Bertz CT molecular complexity index is 692. The molecule has 0 fully saturated rings. The molecule has 1 atom stereocenters. The molecule has 3 rings (SSSR count). The molecule has 2 aromatic rings. The van der Waals surface area contributed by atoms with Crippen LogP contribution in [0.25, 0.3) is 0 Å². The Labute approximate surface area is 130 Å². The van der Waals surface area contributed by atoms with Gasteiger partial charge in [0, 0.05) is 10.7 Å². The number of nitrogens with two attached hydrogens (primary N) is 1. The first-order chi connectivity index (χ1) is 10.1. The fraction of sp³-hybridized carbons (Fsp3) is 0.235. The number of nitrogens with zero attached hydrogens (tertiary/aromatic N) is 2. The molecular formula is C17H18ClN3. The SMILES string of the molecule is Cc1ccc(C2CN=C(N)N2c2ccc(Cl)cc2)c(C)c1. The minimum Gasteiger partial charge on any atom is -0.369 e. The van der Waals surface area contributed by atoms with Gasteiger partial charge in [-0.05, 0) is 49.2 Å². The van der Waals surface area contributed by atoms with Gasteiger partial charge in [0.1, 0.15) is 0 Å². The number of aliphatic imine (C=N–C) groups is 1. The summed E-state index contributed by atoms with van der Waals surface area (Å²) in [6.07, 6.45) is 0. The van der Waals surface area contributed by atoms with E-state index in [1.165, 1.54) is 16.7 Å². The van der Waals surface area contributed by atoms with E-state index in [1.54, 1.807) is 0 Å². The van der Waals surface area contributed by atoms with E-state index in [1.807, 2.05) is 24.3 Å². The summed E-state index contributed by atoms with van der Waals surface area (Å²) in [5, 5.41) is 0.719. The first-order valence-corrected chi connectivity index (χ1v) is 7.36. The lowest BCUT2D eigenvalue weighted by Gasteiger charge is -2.28. The second-order valence-electron chi connectivity index (χ2n) is 5.42. The molecule has 0 saturated carbocycles. The van der Waals surface area contributed by atoms with Crippen molar-refractivity contribution in [3.8, 4) is 0 Å². The van der Waals surface area contributed by atoms with Crippen LogP contribution in [0.3, 0.4) is 0 Å². The first kappa shape index (κ1) is 14.0. The van der Waals surface area contributed by atoms with Gasteiger partial charge in [0.2, 0.25) is 0 Å². The summed E-state index contributed by atoms with van der Waals surface area (Å²) in [5.41, 5.74) is 10.9. The van der Waals surface area contributed by atoms with Crippen LogP contribution in [0.15, 0.2) is 47.5 Å². The Morgan fingerprint density at radius 3 is 2.52 bits per heavy atom. The zero-order valence-electron chi connectivity index (χ0n) is 12.2. The highest BCUT2D eigenvalue weighted by molar-refractivity contribution is 6.30. The van der Waals surface area contributed by atoms with Crippen molar-refractivity contribution >= 4 is 23.2 Å². The van der Waals surface area contributed by atoms with Crippen LogP contribution in [0.1, 0.15) is 22.7 Å². The average Bonchev–Trinajstić information content (AvgIpc) is 2.82. The van der Waals surface area contributed by atoms with Crippen molar-refractivity contribution in [1.82, 2.24) is 0 Å². The fourth-order valence-corrected chi connectivity index (χ4v) is 2.97. The van der Waals surface area contributed by atoms with E-state index in [0.29, 0.717) is 12.5 Å². The van der Waals surface area contributed by atoms with Crippen molar-refractivity contribution in [2.45, 2.75) is 19.9 Å². The molecule has 1 aliphatic rings. The first-order valence-electron chi connectivity index (χ1n) is 6.98. The van der Waals surface area contributed by atoms with Gasteiger partial charge in [-0.25, -0.2) is 0 Å². The molecule has 0 aromatic heterocycles. The molecule has 0 spiro atoms. The molecular weight excluding hydrogens is 282 g/mol. The Balaban J connectivity index is 2.00. The third kappa shape index (κ3) is 2.61. The summed E-state index contributed by atoms with van der Waals surface area (Å²) in [5.74, 6) is 0.558. The number of hydrogen-bond acceptors (Lipinski definition) is 3. The van der Waals surface area contributed by atoms with Gasteiger partial charge in [-0.1, -0.05) is 35.4 Å². The molecule has 2 N–H and O–H groups in total. The third-order valence-corrected chi connectivity index (χ3v) is 4.13. The van der Waals surface area contributed by atoms with Crippen molar-refractivity contribution in [2.24, 2.45) is 10.7 Å². The minimum atomic E-state index is 0.145. The molecule has 1 heterocycles. The van der Waals surface area contributed by atoms with E-state index in [2.05, 4.69) is 41.9 Å². The second kappa shape index (κ2) is 5.41. The average molecular weight is 300 g/mol. The number of hydrogen-bond donors (Lipinski definition) is 1. The second-order valence-corrected chi connectivity index (χ2v) is 5.86. The van der Waals surface area contributed by atoms with Crippen molar-refractivity contribution in [3.05, 3.63) is 64.2 Å². The standard InChI is InChI=1S/C17H18ClN3/c1-11-3-8-15(12(2)9-11)16-10-20-17(19)21(16)14-6-4-13(18)5-7-14/h3-9,16H,10H2,1-2H3,(H2,19,20). The third-order valence-electron chi connectivity index (χ3n) is 3.87. The van der Waals surface area contributed by atoms with Gasteiger partial charge in [0.25, 0.3) is 0 Å². The molecule has 21 heavy (non-hydrogen) atoms. The predicted molar refractivity (Wildman–Crippen MR) is 89.1 cm³/mol. The van der Waals surface area contributed by atoms with Crippen molar-refractivity contribution in [1.29, 1.82) is 0 Å². The van der Waals surface area contributed by atoms with E-state index in [-0.39, 0.29) is 6.04 Å². The quantitative estimate of drug-likeness (QED) is 0.915. The van der Waals surface area contributed by atoms with Gasteiger partial charge in [-0.15, -0.1) is 0 Å². The summed E-state index contributed by atoms with van der Waals surface area (Å²) in [6.45, 7) is 4.92. The molecule has 0 radical (unpaired) electrons. The number of anilines is 1. The Morgan fingerprint density at radius 2 is 1.86 bits per heavy atom. The summed E-state index contributed by atoms with van der Waals surface area (Å²) in [4.78, 5) is 6.50. The monoisotopic (exact) mass is 299 g/mol. The molecule has 1 aliphatic heterocycles. The lowest BCUT2D eigenvalue weighted by Crippen LogP contribution is -2.36. The maximum absolute atomic E-state index is 6.10. The van der Waals surface area contributed by atoms with Crippen LogP contribution >= 0.6 is 11.6 Å².